The molecule has 4 nitrogen and oxygen atoms in total. The Balaban J connectivity index is 2.80. The normalized spacial score (nSPS) is 11.1. The highest BCUT2D eigenvalue weighted by atomic mass is 35.7. The number of rotatable bonds is 3. The Morgan fingerprint density at radius 1 is 1.05 bits per heavy atom. The summed E-state index contributed by atoms with van der Waals surface area (Å²) in [6.07, 6.45) is 0. The molecular formula is C14H11ClO4S. The van der Waals surface area contributed by atoms with Crippen LogP contribution in [0.3, 0.4) is 0 Å². The van der Waals surface area contributed by atoms with E-state index >= 15 is 0 Å². The number of carbonyl (C=O) groups is 1. The van der Waals surface area contributed by atoms with Gasteiger partial charge in [0.05, 0.1) is 17.6 Å². The molecule has 6 heteroatoms. The molecule has 0 spiro atoms. The predicted octanol–water partition coefficient (Wildman–Crippen LogP) is 3.07. The number of halogens is 1. The third-order valence-corrected chi connectivity index (χ3v) is 4.13. The summed E-state index contributed by atoms with van der Waals surface area (Å²) in [4.78, 5) is 11.7. The molecule has 0 aliphatic carbocycles. The summed E-state index contributed by atoms with van der Waals surface area (Å²) in [5, 5.41) is 0. The van der Waals surface area contributed by atoms with Gasteiger partial charge in [0.15, 0.2) is 0 Å². The molecule has 0 heterocycles. The van der Waals surface area contributed by atoms with Gasteiger partial charge >= 0.3 is 5.97 Å². The van der Waals surface area contributed by atoms with E-state index < -0.39 is 15.0 Å². The number of benzene rings is 2. The molecule has 0 aliphatic heterocycles. The largest absolute Gasteiger partial charge is 0.465 e. The average molecular weight is 311 g/mol. The van der Waals surface area contributed by atoms with Crippen molar-refractivity contribution in [3.63, 3.8) is 0 Å². The molecule has 0 saturated heterocycles. The zero-order chi connectivity index (χ0) is 14.8. The second-order valence-corrected chi connectivity index (χ2v) is 6.51. The number of carbonyl (C=O) groups excluding carboxylic acids is 1. The Bertz CT molecular complexity index is 739. The Morgan fingerprint density at radius 2 is 1.70 bits per heavy atom. The maximum atomic E-state index is 11.9. The van der Waals surface area contributed by atoms with Crippen molar-refractivity contribution in [3.8, 4) is 11.1 Å². The van der Waals surface area contributed by atoms with Gasteiger partial charge in [0.2, 0.25) is 0 Å². The van der Waals surface area contributed by atoms with E-state index in [0.717, 1.165) is 0 Å². The Kier molecular flexibility index (Phi) is 4.11. The molecular weight excluding hydrogens is 300 g/mol. The van der Waals surface area contributed by atoms with Crippen LogP contribution in [0.25, 0.3) is 11.1 Å². The first-order valence-electron chi connectivity index (χ1n) is 5.66. The van der Waals surface area contributed by atoms with Crippen LogP contribution in [0.4, 0.5) is 0 Å². The molecule has 0 aromatic heterocycles. The van der Waals surface area contributed by atoms with Crippen molar-refractivity contribution < 1.29 is 17.9 Å². The molecule has 0 fully saturated rings. The van der Waals surface area contributed by atoms with Crippen LogP contribution in [0.1, 0.15) is 10.4 Å². The van der Waals surface area contributed by atoms with Gasteiger partial charge in [-0.25, -0.2) is 13.2 Å². The standard InChI is InChI=1S/C14H11ClO4S/c1-19-14(16)13-11(10-6-3-2-4-7-10)8-5-9-12(13)20(15,17)18/h2-9H,1H3. The van der Waals surface area contributed by atoms with Crippen LogP contribution in [0.2, 0.25) is 0 Å². The van der Waals surface area contributed by atoms with Crippen LogP contribution in [0.15, 0.2) is 53.4 Å². The van der Waals surface area contributed by atoms with E-state index in [1.807, 2.05) is 6.07 Å². The summed E-state index contributed by atoms with van der Waals surface area (Å²) in [5.74, 6) is -0.747. The van der Waals surface area contributed by atoms with Crippen molar-refractivity contribution in [1.82, 2.24) is 0 Å². The van der Waals surface area contributed by atoms with Crippen LogP contribution in [-0.2, 0) is 13.8 Å². The van der Waals surface area contributed by atoms with Gasteiger partial charge in [-0.15, -0.1) is 0 Å². The Labute approximate surface area is 121 Å². The monoisotopic (exact) mass is 310 g/mol. The second-order valence-electron chi connectivity index (χ2n) is 3.97. The molecule has 0 unspecified atom stereocenters. The van der Waals surface area contributed by atoms with Gasteiger partial charge in [-0.2, -0.15) is 0 Å². The lowest BCUT2D eigenvalue weighted by Gasteiger charge is -2.11. The van der Waals surface area contributed by atoms with Gasteiger partial charge in [-0.1, -0.05) is 42.5 Å². The Hall–Kier alpha value is -1.85. The van der Waals surface area contributed by atoms with Crippen molar-refractivity contribution in [2.45, 2.75) is 4.90 Å². The maximum Gasteiger partial charge on any atom is 0.339 e. The van der Waals surface area contributed by atoms with Crippen molar-refractivity contribution in [1.29, 1.82) is 0 Å². The fourth-order valence-corrected chi connectivity index (χ4v) is 2.97. The van der Waals surface area contributed by atoms with Gasteiger partial charge in [-0.3, -0.25) is 0 Å². The van der Waals surface area contributed by atoms with Crippen LogP contribution in [-0.4, -0.2) is 21.5 Å². The fourth-order valence-electron chi connectivity index (χ4n) is 1.91. The minimum absolute atomic E-state index is 0.0591. The first kappa shape index (κ1) is 14.6. The molecule has 0 N–H and O–H groups in total. The van der Waals surface area contributed by atoms with Crippen molar-refractivity contribution in [2.24, 2.45) is 0 Å². The molecule has 0 saturated carbocycles. The number of ether oxygens (including phenoxy) is 1. The molecule has 0 radical (unpaired) electrons. The number of hydrogen-bond donors (Lipinski definition) is 0. The van der Waals surface area contributed by atoms with E-state index in [4.69, 9.17) is 10.7 Å². The van der Waals surface area contributed by atoms with E-state index in [9.17, 15) is 13.2 Å². The Morgan fingerprint density at radius 3 is 2.25 bits per heavy atom. The molecule has 20 heavy (non-hydrogen) atoms. The highest BCUT2D eigenvalue weighted by molar-refractivity contribution is 8.13. The predicted molar refractivity (Wildman–Crippen MR) is 76.3 cm³/mol. The summed E-state index contributed by atoms with van der Waals surface area (Å²) >= 11 is 0. The molecule has 0 atom stereocenters. The highest BCUT2D eigenvalue weighted by Gasteiger charge is 2.24. The van der Waals surface area contributed by atoms with E-state index in [1.165, 1.54) is 19.2 Å². The lowest BCUT2D eigenvalue weighted by molar-refractivity contribution is 0.0597. The molecule has 0 bridgehead atoms. The average Bonchev–Trinajstić information content (AvgIpc) is 2.45. The third-order valence-electron chi connectivity index (χ3n) is 2.76. The van der Waals surface area contributed by atoms with Gasteiger partial charge < -0.3 is 4.74 Å². The first-order valence-corrected chi connectivity index (χ1v) is 7.97. The fraction of sp³-hybridized carbons (Fsp3) is 0.0714. The van der Waals surface area contributed by atoms with E-state index in [0.29, 0.717) is 11.1 Å². The minimum atomic E-state index is -4.05. The summed E-state index contributed by atoms with van der Waals surface area (Å²) in [5.41, 5.74) is 1.10. The van der Waals surface area contributed by atoms with Crippen LogP contribution in [0, 0.1) is 0 Å². The quantitative estimate of drug-likeness (QED) is 0.645. The topological polar surface area (TPSA) is 60.4 Å². The van der Waals surface area contributed by atoms with Crippen LogP contribution in [0.5, 0.6) is 0 Å². The summed E-state index contributed by atoms with van der Waals surface area (Å²) in [6, 6.07) is 13.4. The van der Waals surface area contributed by atoms with Crippen LogP contribution >= 0.6 is 10.7 Å². The summed E-state index contributed by atoms with van der Waals surface area (Å²) in [6.45, 7) is 0. The van der Waals surface area contributed by atoms with Gasteiger partial charge in [-0.05, 0) is 17.2 Å². The lowest BCUT2D eigenvalue weighted by atomic mass is 10.00. The van der Waals surface area contributed by atoms with Crippen molar-refractivity contribution >= 4 is 25.7 Å². The zero-order valence-electron chi connectivity index (χ0n) is 10.5. The third kappa shape index (κ3) is 2.84. The SMILES string of the molecule is COC(=O)c1c(-c2ccccc2)cccc1S(=O)(=O)Cl. The lowest BCUT2D eigenvalue weighted by Crippen LogP contribution is -2.09. The van der Waals surface area contributed by atoms with E-state index in [2.05, 4.69) is 4.74 Å². The summed E-state index contributed by atoms with van der Waals surface area (Å²) < 4.78 is 27.9. The van der Waals surface area contributed by atoms with Gasteiger partial charge in [0.25, 0.3) is 9.05 Å². The maximum absolute atomic E-state index is 11.9. The molecule has 2 aromatic carbocycles. The van der Waals surface area contributed by atoms with Crippen molar-refractivity contribution in [2.75, 3.05) is 7.11 Å². The summed E-state index contributed by atoms with van der Waals surface area (Å²) in [7, 11) is 2.53. The molecule has 104 valence electrons. The van der Waals surface area contributed by atoms with Gasteiger partial charge in [0, 0.05) is 10.7 Å². The number of esters is 1. The van der Waals surface area contributed by atoms with Crippen molar-refractivity contribution in [3.05, 3.63) is 54.1 Å². The zero-order valence-corrected chi connectivity index (χ0v) is 12.1. The number of hydrogen-bond acceptors (Lipinski definition) is 4. The molecule has 2 aromatic rings. The smallest absolute Gasteiger partial charge is 0.339 e. The van der Waals surface area contributed by atoms with Crippen LogP contribution < -0.4 is 0 Å². The molecule has 0 aliphatic rings. The van der Waals surface area contributed by atoms with Gasteiger partial charge in [0.1, 0.15) is 0 Å². The number of methoxy groups -OCH3 is 1. The molecule has 0 amide bonds. The minimum Gasteiger partial charge on any atom is -0.465 e. The first-order chi connectivity index (χ1) is 9.45. The van der Waals surface area contributed by atoms with E-state index in [1.54, 1.807) is 30.3 Å². The second kappa shape index (κ2) is 5.64. The van der Waals surface area contributed by atoms with E-state index in [-0.39, 0.29) is 10.5 Å². The molecule has 2 rings (SSSR count). The highest BCUT2D eigenvalue weighted by Crippen LogP contribution is 2.30.